The van der Waals surface area contributed by atoms with E-state index in [9.17, 15) is 21.6 Å². The molecular formula is C24H24F3N5O4S. The summed E-state index contributed by atoms with van der Waals surface area (Å²) in [4.78, 5) is 7.75. The first kappa shape index (κ1) is 27.4. The molecule has 0 radical (unpaired) electrons. The van der Waals surface area contributed by atoms with Gasteiger partial charge in [0.15, 0.2) is 11.5 Å². The van der Waals surface area contributed by atoms with Gasteiger partial charge in [-0.15, -0.1) is 0 Å². The Morgan fingerprint density at radius 2 is 1.78 bits per heavy atom. The van der Waals surface area contributed by atoms with Crippen LogP contribution in [0.2, 0.25) is 0 Å². The van der Waals surface area contributed by atoms with Gasteiger partial charge < -0.3 is 20.9 Å². The Bertz CT molecular complexity index is 1420. The van der Waals surface area contributed by atoms with E-state index in [2.05, 4.69) is 21.8 Å². The largest absolute Gasteiger partial charge is 0.516 e. The molecule has 0 saturated carbocycles. The molecule has 0 aliphatic heterocycles. The highest BCUT2D eigenvalue weighted by Gasteiger charge is 2.51. The maximum Gasteiger partial charge on any atom is 0.516 e. The minimum atomic E-state index is -5.83. The molecule has 0 aliphatic carbocycles. The summed E-state index contributed by atoms with van der Waals surface area (Å²) >= 11 is 0. The van der Waals surface area contributed by atoms with E-state index in [0.717, 1.165) is 0 Å². The molecule has 13 heteroatoms. The van der Waals surface area contributed by atoms with Crippen molar-refractivity contribution in [2.24, 2.45) is 0 Å². The summed E-state index contributed by atoms with van der Waals surface area (Å²) in [6.45, 7) is -0.599. The molecule has 1 heterocycles. The summed E-state index contributed by atoms with van der Waals surface area (Å²) in [7, 11) is -3.36. The summed E-state index contributed by atoms with van der Waals surface area (Å²) in [5.74, 6) is 5.36. The number of hydrogen-bond acceptors (Lipinski definition) is 8. The number of nitrogen functional groups attached to an aromatic ring is 2. The van der Waals surface area contributed by atoms with E-state index >= 15 is 0 Å². The van der Waals surface area contributed by atoms with Crippen LogP contribution in [-0.4, -0.2) is 44.7 Å². The highest BCUT2D eigenvalue weighted by molar-refractivity contribution is 7.93. The van der Waals surface area contributed by atoms with Crippen LogP contribution in [0.15, 0.2) is 48.7 Å². The number of nitrogens with zero attached hydrogens (tertiary/aromatic N) is 3. The molecule has 3 aromatic rings. The second-order valence-corrected chi connectivity index (χ2v) is 9.46. The lowest BCUT2D eigenvalue weighted by molar-refractivity contribution is -0.0438. The molecule has 0 amide bonds. The van der Waals surface area contributed by atoms with E-state index in [0.29, 0.717) is 16.7 Å². The van der Waals surface area contributed by atoms with E-state index in [1.165, 1.54) is 32.5 Å². The molecule has 0 bridgehead atoms. The molecule has 2 aromatic carbocycles. The lowest BCUT2D eigenvalue weighted by atomic mass is 10.0. The van der Waals surface area contributed by atoms with Gasteiger partial charge in [0.1, 0.15) is 5.82 Å². The molecule has 4 N–H and O–H groups in total. The third kappa shape index (κ3) is 6.34. The minimum Gasteiger partial charge on any atom is -0.493 e. The fourth-order valence-electron chi connectivity index (χ4n) is 3.42. The first-order valence-electron chi connectivity index (χ1n) is 10.7. The number of methoxy groups -OCH3 is 2. The number of alkyl halides is 3. The van der Waals surface area contributed by atoms with Gasteiger partial charge in [-0.1, -0.05) is 30.0 Å². The number of sulfonamides is 1. The summed E-state index contributed by atoms with van der Waals surface area (Å²) in [6.07, 6.45) is 1.23. The number of ether oxygens (including phenoxy) is 2. The Morgan fingerprint density at radius 3 is 2.38 bits per heavy atom. The van der Waals surface area contributed by atoms with Gasteiger partial charge in [-0.25, -0.2) is 4.98 Å². The summed E-state index contributed by atoms with van der Waals surface area (Å²) < 4.78 is 77.2. The van der Waals surface area contributed by atoms with Crippen molar-refractivity contribution in [3.63, 3.8) is 0 Å². The zero-order valence-corrected chi connectivity index (χ0v) is 20.7. The minimum absolute atomic E-state index is 0.0164. The topological polar surface area (TPSA) is 134 Å². The van der Waals surface area contributed by atoms with Gasteiger partial charge in [-0.05, 0) is 29.8 Å². The predicted molar refractivity (Wildman–Crippen MR) is 133 cm³/mol. The molecule has 0 saturated heterocycles. The average molecular weight is 536 g/mol. The van der Waals surface area contributed by atoms with E-state index in [1.54, 1.807) is 30.3 Å². The van der Waals surface area contributed by atoms with Crippen LogP contribution in [0.1, 0.15) is 23.1 Å². The molecule has 196 valence electrons. The smallest absolute Gasteiger partial charge is 0.493 e. The summed E-state index contributed by atoms with van der Waals surface area (Å²) in [6, 6.07) is 11.5. The SMILES string of the molecule is COc1cc(Cc2cnc(N)nc2N)cc(N(CCC#Cc2ccccc2)S(=O)(=O)C(F)(F)F)c1OC. The van der Waals surface area contributed by atoms with Crippen molar-refractivity contribution in [2.45, 2.75) is 18.3 Å². The normalized spacial score (nSPS) is 11.4. The lowest BCUT2D eigenvalue weighted by Gasteiger charge is -2.27. The van der Waals surface area contributed by atoms with Crippen molar-refractivity contribution < 1.29 is 31.1 Å². The third-order valence-electron chi connectivity index (χ3n) is 5.13. The van der Waals surface area contributed by atoms with Crippen molar-refractivity contribution in [3.8, 4) is 23.3 Å². The van der Waals surface area contributed by atoms with Crippen LogP contribution >= 0.6 is 0 Å². The number of hydrogen-bond donors (Lipinski definition) is 2. The van der Waals surface area contributed by atoms with Crippen LogP contribution in [-0.2, 0) is 16.4 Å². The van der Waals surface area contributed by atoms with Gasteiger partial charge in [0.2, 0.25) is 5.95 Å². The lowest BCUT2D eigenvalue weighted by Crippen LogP contribution is -2.41. The number of anilines is 3. The average Bonchev–Trinajstić information content (AvgIpc) is 2.85. The van der Waals surface area contributed by atoms with Crippen molar-refractivity contribution >= 4 is 27.5 Å². The van der Waals surface area contributed by atoms with Crippen molar-refractivity contribution in [3.05, 3.63) is 65.4 Å². The molecule has 0 fully saturated rings. The Balaban J connectivity index is 2.09. The second-order valence-electron chi connectivity index (χ2n) is 7.61. The maximum atomic E-state index is 13.7. The van der Waals surface area contributed by atoms with E-state index in [4.69, 9.17) is 20.9 Å². The molecule has 37 heavy (non-hydrogen) atoms. The third-order valence-corrected chi connectivity index (χ3v) is 6.67. The summed E-state index contributed by atoms with van der Waals surface area (Å²) in [5, 5.41) is 0. The van der Waals surface area contributed by atoms with Gasteiger partial charge >= 0.3 is 15.5 Å². The number of aromatic nitrogens is 2. The Kier molecular flexibility index (Phi) is 8.34. The van der Waals surface area contributed by atoms with Crippen molar-refractivity contribution in [1.82, 2.24) is 9.97 Å². The van der Waals surface area contributed by atoms with Crippen LogP contribution < -0.4 is 25.2 Å². The molecule has 3 rings (SSSR count). The Labute approximate surface area is 212 Å². The van der Waals surface area contributed by atoms with Crippen LogP contribution in [0.5, 0.6) is 11.5 Å². The summed E-state index contributed by atoms with van der Waals surface area (Å²) in [5.41, 5.74) is 6.89. The van der Waals surface area contributed by atoms with Crippen LogP contribution in [0.3, 0.4) is 0 Å². The molecule has 0 atom stereocenters. The van der Waals surface area contributed by atoms with E-state index in [-0.39, 0.29) is 46.1 Å². The Hall–Kier alpha value is -4.18. The second kappa shape index (κ2) is 11.3. The maximum absolute atomic E-state index is 13.7. The molecule has 0 unspecified atom stereocenters. The fraction of sp³-hybridized carbons (Fsp3) is 0.250. The van der Waals surface area contributed by atoms with E-state index in [1.807, 2.05) is 0 Å². The van der Waals surface area contributed by atoms with E-state index < -0.39 is 22.1 Å². The van der Waals surface area contributed by atoms with Crippen molar-refractivity contribution in [2.75, 3.05) is 36.5 Å². The first-order chi connectivity index (χ1) is 17.5. The number of rotatable bonds is 8. The first-order valence-corrected chi connectivity index (χ1v) is 12.2. The van der Waals surface area contributed by atoms with Gasteiger partial charge in [0.05, 0.1) is 19.9 Å². The standard InChI is InChI=1S/C24H24F3N5O4S/c1-35-20-14-17(12-18-15-30-23(29)31-22(18)28)13-19(21(20)36-2)32(37(33,34)24(25,26)27)11-7-6-10-16-8-4-3-5-9-16/h3-5,8-9,13-15H,7,11-12H2,1-2H3,(H4,28,29,30,31). The zero-order valence-electron chi connectivity index (χ0n) is 19.9. The number of benzene rings is 2. The van der Waals surface area contributed by atoms with Gasteiger partial charge in [0, 0.05) is 36.7 Å². The van der Waals surface area contributed by atoms with Crippen LogP contribution in [0, 0.1) is 11.8 Å². The van der Waals surface area contributed by atoms with Crippen LogP contribution in [0.25, 0.3) is 0 Å². The number of halogens is 3. The van der Waals surface area contributed by atoms with Gasteiger partial charge in [0.25, 0.3) is 0 Å². The monoisotopic (exact) mass is 535 g/mol. The Morgan fingerprint density at radius 1 is 1.08 bits per heavy atom. The predicted octanol–water partition coefficient (Wildman–Crippen LogP) is 3.35. The highest BCUT2D eigenvalue weighted by Crippen LogP contribution is 2.43. The van der Waals surface area contributed by atoms with Gasteiger partial charge in [-0.3, -0.25) is 4.31 Å². The van der Waals surface area contributed by atoms with Gasteiger partial charge in [-0.2, -0.15) is 26.6 Å². The van der Waals surface area contributed by atoms with Crippen molar-refractivity contribution in [1.29, 1.82) is 0 Å². The molecule has 0 spiro atoms. The fourth-order valence-corrected chi connectivity index (χ4v) is 4.39. The molecular weight excluding hydrogens is 511 g/mol. The highest BCUT2D eigenvalue weighted by atomic mass is 32.2. The molecule has 1 aromatic heterocycles. The molecule has 0 aliphatic rings. The quantitative estimate of drug-likeness (QED) is 0.420. The molecule has 9 nitrogen and oxygen atoms in total. The van der Waals surface area contributed by atoms with Crippen LogP contribution in [0.4, 0.5) is 30.6 Å². The number of nitrogens with two attached hydrogens (primary N) is 2. The zero-order chi connectivity index (χ0) is 27.2.